The molecule has 6 nitrogen and oxygen atoms in total. The molecule has 1 aliphatic heterocycles. The number of amides is 1. The first-order valence-corrected chi connectivity index (χ1v) is 14.3. The van der Waals surface area contributed by atoms with Gasteiger partial charge in [-0.15, -0.1) is 0 Å². The summed E-state index contributed by atoms with van der Waals surface area (Å²) >= 11 is 6.79. The minimum absolute atomic E-state index is 0.132. The van der Waals surface area contributed by atoms with Gasteiger partial charge in [0.25, 0.3) is 11.5 Å². The van der Waals surface area contributed by atoms with Gasteiger partial charge >= 0.3 is 0 Å². The Labute approximate surface area is 228 Å². The molecule has 1 aromatic carbocycles. The molecule has 0 bridgehead atoms. The molecule has 2 aromatic heterocycles. The topological polar surface area (TPSA) is 66.7 Å². The van der Waals surface area contributed by atoms with E-state index in [2.05, 4.69) is 24.4 Å². The van der Waals surface area contributed by atoms with Gasteiger partial charge in [0.2, 0.25) is 0 Å². The summed E-state index contributed by atoms with van der Waals surface area (Å²) in [6.45, 7) is 5.36. The van der Waals surface area contributed by atoms with Crippen LogP contribution in [-0.4, -0.2) is 37.6 Å². The molecule has 4 rings (SSSR count). The fourth-order valence-corrected chi connectivity index (χ4v) is 5.66. The molecule has 1 aliphatic rings. The predicted molar refractivity (Wildman–Crippen MR) is 158 cm³/mol. The minimum Gasteiger partial charge on any atom is -0.369 e. The van der Waals surface area contributed by atoms with Crippen LogP contribution in [0.25, 0.3) is 11.7 Å². The van der Waals surface area contributed by atoms with E-state index < -0.39 is 0 Å². The highest BCUT2D eigenvalue weighted by molar-refractivity contribution is 8.26. The highest BCUT2D eigenvalue weighted by Crippen LogP contribution is 2.33. The number of rotatable bonds is 12. The van der Waals surface area contributed by atoms with Crippen molar-refractivity contribution in [3.63, 3.8) is 0 Å². The Morgan fingerprint density at radius 2 is 1.78 bits per heavy atom. The van der Waals surface area contributed by atoms with Crippen molar-refractivity contribution in [2.45, 2.75) is 58.8 Å². The number of unbranched alkanes of at least 4 members (excludes halogenated alkanes) is 5. The van der Waals surface area contributed by atoms with Crippen LogP contribution in [0.5, 0.6) is 0 Å². The number of aromatic nitrogens is 2. The van der Waals surface area contributed by atoms with Crippen molar-refractivity contribution in [3.8, 4) is 0 Å². The molecule has 194 valence electrons. The second-order valence-electron chi connectivity index (χ2n) is 9.38. The molecule has 0 atom stereocenters. The lowest BCUT2D eigenvalue weighted by Gasteiger charge is -2.14. The van der Waals surface area contributed by atoms with Gasteiger partial charge in [0, 0.05) is 19.3 Å². The van der Waals surface area contributed by atoms with E-state index in [0.717, 1.165) is 24.8 Å². The lowest BCUT2D eigenvalue weighted by atomic mass is 10.1. The minimum atomic E-state index is -0.211. The van der Waals surface area contributed by atoms with E-state index in [9.17, 15) is 9.59 Å². The van der Waals surface area contributed by atoms with Crippen molar-refractivity contribution in [2.75, 3.05) is 18.4 Å². The van der Waals surface area contributed by atoms with Crippen molar-refractivity contribution in [2.24, 2.45) is 0 Å². The second-order valence-corrected chi connectivity index (χ2v) is 11.1. The number of fused-ring (bicyclic) bond motifs is 1. The monoisotopic (exact) mass is 534 g/mol. The van der Waals surface area contributed by atoms with Crippen LogP contribution in [0, 0.1) is 6.92 Å². The Kier molecular flexibility index (Phi) is 9.52. The first kappa shape index (κ1) is 27.1. The zero-order valence-electron chi connectivity index (χ0n) is 21.5. The molecular weight excluding hydrogens is 500 g/mol. The number of carbonyl (C=O) groups excluding carboxylic acids is 1. The van der Waals surface area contributed by atoms with Crippen LogP contribution < -0.4 is 10.9 Å². The van der Waals surface area contributed by atoms with Crippen LogP contribution in [0.1, 0.15) is 62.1 Å². The van der Waals surface area contributed by atoms with Crippen molar-refractivity contribution in [1.82, 2.24) is 14.3 Å². The van der Waals surface area contributed by atoms with Crippen molar-refractivity contribution < 1.29 is 4.79 Å². The number of pyridine rings is 1. The Morgan fingerprint density at radius 3 is 2.57 bits per heavy atom. The lowest BCUT2D eigenvalue weighted by molar-refractivity contribution is -0.122. The van der Waals surface area contributed by atoms with Gasteiger partial charge in [-0.2, -0.15) is 0 Å². The van der Waals surface area contributed by atoms with E-state index in [1.165, 1.54) is 43.0 Å². The van der Waals surface area contributed by atoms with E-state index in [1.807, 2.05) is 37.3 Å². The van der Waals surface area contributed by atoms with E-state index >= 15 is 0 Å². The molecule has 1 N–H and O–H groups in total. The van der Waals surface area contributed by atoms with Crippen molar-refractivity contribution in [1.29, 1.82) is 0 Å². The van der Waals surface area contributed by atoms with Gasteiger partial charge in [-0.3, -0.25) is 18.9 Å². The summed E-state index contributed by atoms with van der Waals surface area (Å²) in [6.07, 6.45) is 11.1. The smallest absolute Gasteiger partial charge is 0.267 e. The molecule has 1 fully saturated rings. The number of nitrogens with zero attached hydrogens (tertiary/aromatic N) is 3. The molecule has 0 saturated carbocycles. The SMILES string of the molecule is CCCCCCCCN1C(=O)/C(=C\c2c(NCCc3ccccc3)nc3ccc(C)cn3c2=O)SC1=S. The molecule has 37 heavy (non-hydrogen) atoms. The van der Waals surface area contributed by atoms with Crippen molar-refractivity contribution >= 4 is 51.7 Å². The van der Waals surface area contributed by atoms with E-state index in [1.54, 1.807) is 21.6 Å². The van der Waals surface area contributed by atoms with E-state index in [0.29, 0.717) is 39.3 Å². The lowest BCUT2D eigenvalue weighted by Crippen LogP contribution is -2.29. The molecular formula is C29H34N4O2S2. The Hall–Kier alpha value is -2.97. The Bertz CT molecular complexity index is 1350. The zero-order chi connectivity index (χ0) is 26.2. The molecule has 1 saturated heterocycles. The van der Waals surface area contributed by atoms with Crippen LogP contribution >= 0.6 is 24.0 Å². The molecule has 1 amide bonds. The maximum Gasteiger partial charge on any atom is 0.267 e. The van der Waals surface area contributed by atoms with Gasteiger partial charge in [0.05, 0.1) is 10.5 Å². The molecule has 0 spiro atoms. The number of aryl methyl sites for hydroxylation is 1. The number of nitrogens with one attached hydrogen (secondary N) is 1. The Morgan fingerprint density at radius 1 is 1.03 bits per heavy atom. The second kappa shape index (κ2) is 13.0. The third-order valence-corrected chi connectivity index (χ3v) is 7.82. The molecule has 0 radical (unpaired) electrons. The zero-order valence-corrected chi connectivity index (χ0v) is 23.2. The fourth-order valence-electron chi connectivity index (χ4n) is 4.37. The summed E-state index contributed by atoms with van der Waals surface area (Å²) in [5.41, 5.74) is 2.87. The number of thioether (sulfide) groups is 1. The number of hydrogen-bond acceptors (Lipinski definition) is 6. The highest BCUT2D eigenvalue weighted by atomic mass is 32.2. The summed E-state index contributed by atoms with van der Waals surface area (Å²) in [5, 5.41) is 3.34. The van der Waals surface area contributed by atoms with Crippen LogP contribution in [0.15, 0.2) is 58.4 Å². The maximum absolute atomic E-state index is 13.6. The third-order valence-electron chi connectivity index (χ3n) is 6.44. The van der Waals surface area contributed by atoms with Gasteiger partial charge in [0.15, 0.2) is 0 Å². The average molecular weight is 535 g/mol. The third kappa shape index (κ3) is 6.87. The van der Waals surface area contributed by atoms with Crippen LogP contribution in [0.2, 0.25) is 0 Å². The van der Waals surface area contributed by atoms with Gasteiger partial charge < -0.3 is 5.32 Å². The summed E-state index contributed by atoms with van der Waals surface area (Å²) in [5.74, 6) is 0.346. The van der Waals surface area contributed by atoms with E-state index in [-0.39, 0.29) is 11.5 Å². The van der Waals surface area contributed by atoms with Gasteiger partial charge in [0.1, 0.15) is 15.8 Å². The van der Waals surface area contributed by atoms with E-state index in [4.69, 9.17) is 17.2 Å². The molecule has 0 aliphatic carbocycles. The molecule has 3 aromatic rings. The fraction of sp³-hybridized carbons (Fsp3) is 0.379. The van der Waals surface area contributed by atoms with Crippen LogP contribution in [0.3, 0.4) is 0 Å². The first-order chi connectivity index (χ1) is 18.0. The molecule has 0 unspecified atom stereocenters. The Balaban J connectivity index is 1.57. The normalized spacial score (nSPS) is 14.8. The summed E-state index contributed by atoms with van der Waals surface area (Å²) in [6, 6.07) is 13.9. The quantitative estimate of drug-likeness (QED) is 0.169. The first-order valence-electron chi connectivity index (χ1n) is 13.0. The number of benzene rings is 1. The van der Waals surface area contributed by atoms with Crippen LogP contribution in [0.4, 0.5) is 5.82 Å². The number of thiocarbonyl (C=S) groups is 1. The summed E-state index contributed by atoms with van der Waals surface area (Å²) in [7, 11) is 0. The number of carbonyl (C=O) groups is 1. The standard InChI is InChI=1S/C29H34N4O2S2/c1-3-4-5-6-7-11-18-32-28(35)24(37-29(32)36)19-23-26(30-17-16-22-12-9-8-10-13-22)31-25-15-14-21(2)20-33(25)27(23)34/h8-10,12-15,19-20,30H,3-7,11,16-18H2,1-2H3/b24-19+. The average Bonchev–Trinajstić information content (AvgIpc) is 3.16. The molecule has 3 heterocycles. The largest absolute Gasteiger partial charge is 0.369 e. The van der Waals surface area contributed by atoms with Crippen molar-refractivity contribution in [3.05, 3.63) is 80.6 Å². The van der Waals surface area contributed by atoms with Gasteiger partial charge in [-0.05, 0) is 43.0 Å². The highest BCUT2D eigenvalue weighted by Gasteiger charge is 2.32. The summed E-state index contributed by atoms with van der Waals surface area (Å²) in [4.78, 5) is 33.7. The molecule has 8 heteroatoms. The summed E-state index contributed by atoms with van der Waals surface area (Å²) < 4.78 is 2.09. The van der Waals surface area contributed by atoms with Crippen LogP contribution in [-0.2, 0) is 11.2 Å². The number of hydrogen-bond donors (Lipinski definition) is 1. The maximum atomic E-state index is 13.6. The predicted octanol–water partition coefficient (Wildman–Crippen LogP) is 6.22. The van der Waals surface area contributed by atoms with Gasteiger partial charge in [-0.1, -0.05) is 99.4 Å². The van der Waals surface area contributed by atoms with Gasteiger partial charge in [-0.25, -0.2) is 4.98 Å². The number of anilines is 1.